The molecule has 17 heavy (non-hydrogen) atoms. The van der Waals surface area contributed by atoms with Gasteiger partial charge in [-0.05, 0) is 25.0 Å². The van der Waals surface area contributed by atoms with Crippen LogP contribution in [0.1, 0.15) is 19.3 Å². The molecule has 0 fully saturated rings. The van der Waals surface area contributed by atoms with Gasteiger partial charge in [-0.15, -0.1) is 0 Å². The fourth-order valence-corrected chi connectivity index (χ4v) is 1.44. The quantitative estimate of drug-likeness (QED) is 0.682. The second-order valence-electron chi connectivity index (χ2n) is 3.46. The summed E-state index contributed by atoms with van der Waals surface area (Å²) in [7, 11) is 3.19. The molecule has 4 nitrogen and oxygen atoms in total. The maximum absolute atomic E-state index is 8.42. The fraction of sp³-hybridized carbons (Fsp3) is 0.462. The number of hydrogen-bond donors (Lipinski definition) is 0. The van der Waals surface area contributed by atoms with Crippen molar-refractivity contribution in [3.05, 3.63) is 18.2 Å². The molecule has 0 saturated carbocycles. The lowest BCUT2D eigenvalue weighted by molar-refractivity contribution is 0.269. The molecule has 0 unspecified atom stereocenters. The first-order chi connectivity index (χ1) is 8.33. The molecule has 0 radical (unpaired) electrons. The van der Waals surface area contributed by atoms with E-state index >= 15 is 0 Å². The third-order valence-corrected chi connectivity index (χ3v) is 2.31. The molecule has 1 aromatic rings. The molecule has 92 valence electrons. The third-order valence-electron chi connectivity index (χ3n) is 2.31. The lowest BCUT2D eigenvalue weighted by atomic mass is 10.2. The molecule has 4 heteroatoms. The van der Waals surface area contributed by atoms with Gasteiger partial charge in [-0.2, -0.15) is 5.26 Å². The van der Waals surface area contributed by atoms with E-state index in [-0.39, 0.29) is 0 Å². The summed E-state index contributed by atoms with van der Waals surface area (Å²) in [4.78, 5) is 0. The zero-order valence-corrected chi connectivity index (χ0v) is 10.2. The predicted molar refractivity (Wildman–Crippen MR) is 64.5 cm³/mol. The molecule has 0 spiro atoms. The second kappa shape index (κ2) is 7.39. The number of unbranched alkanes of at least 4 members (excludes halogenated alkanes) is 2. The highest BCUT2D eigenvalue weighted by Crippen LogP contribution is 2.36. The molecule has 0 aliphatic carbocycles. The molecule has 0 aromatic heterocycles. The topological polar surface area (TPSA) is 51.5 Å². The van der Waals surface area contributed by atoms with E-state index in [9.17, 15) is 0 Å². The summed E-state index contributed by atoms with van der Waals surface area (Å²) in [5.74, 6) is 1.93. The van der Waals surface area contributed by atoms with Crippen molar-refractivity contribution in [2.45, 2.75) is 19.3 Å². The van der Waals surface area contributed by atoms with E-state index in [1.807, 2.05) is 18.2 Å². The van der Waals surface area contributed by atoms with Crippen molar-refractivity contribution in [1.82, 2.24) is 0 Å². The van der Waals surface area contributed by atoms with Crippen LogP contribution in [-0.4, -0.2) is 20.8 Å². The van der Waals surface area contributed by atoms with E-state index in [2.05, 4.69) is 6.07 Å². The van der Waals surface area contributed by atoms with Gasteiger partial charge in [-0.3, -0.25) is 0 Å². The number of rotatable bonds is 7. The van der Waals surface area contributed by atoms with E-state index in [0.717, 1.165) is 12.8 Å². The molecule has 0 amide bonds. The first-order valence-corrected chi connectivity index (χ1v) is 5.54. The zero-order chi connectivity index (χ0) is 12.5. The maximum atomic E-state index is 8.42. The Morgan fingerprint density at radius 1 is 1.12 bits per heavy atom. The van der Waals surface area contributed by atoms with Crippen LogP contribution >= 0.6 is 0 Å². The van der Waals surface area contributed by atoms with Crippen molar-refractivity contribution in [2.24, 2.45) is 0 Å². The summed E-state index contributed by atoms with van der Waals surface area (Å²) in [5, 5.41) is 8.42. The van der Waals surface area contributed by atoms with Crippen molar-refractivity contribution in [3.8, 4) is 23.3 Å². The van der Waals surface area contributed by atoms with Crippen LogP contribution in [0.15, 0.2) is 18.2 Å². The number of para-hydroxylation sites is 1. The smallest absolute Gasteiger partial charge is 0.203 e. The van der Waals surface area contributed by atoms with Gasteiger partial charge in [0, 0.05) is 6.42 Å². The molecule has 1 rings (SSSR count). The average molecular weight is 235 g/mol. The Hall–Kier alpha value is -1.89. The van der Waals surface area contributed by atoms with Crippen LogP contribution in [0.2, 0.25) is 0 Å². The molecule has 0 atom stereocenters. The minimum atomic E-state index is 0.554. The number of hydrogen-bond acceptors (Lipinski definition) is 4. The molecular weight excluding hydrogens is 218 g/mol. The van der Waals surface area contributed by atoms with Crippen molar-refractivity contribution in [3.63, 3.8) is 0 Å². The van der Waals surface area contributed by atoms with Gasteiger partial charge in [-0.1, -0.05) is 6.07 Å². The summed E-state index contributed by atoms with van der Waals surface area (Å²) in [6.07, 6.45) is 2.25. The molecule has 0 N–H and O–H groups in total. The molecule has 0 saturated heterocycles. The van der Waals surface area contributed by atoms with Crippen molar-refractivity contribution in [2.75, 3.05) is 20.8 Å². The number of nitriles is 1. The lowest BCUT2D eigenvalue weighted by Crippen LogP contribution is -2.01. The minimum Gasteiger partial charge on any atom is -0.493 e. The number of nitrogens with zero attached hydrogens (tertiary/aromatic N) is 1. The van der Waals surface area contributed by atoms with Gasteiger partial charge >= 0.3 is 0 Å². The van der Waals surface area contributed by atoms with E-state index in [1.54, 1.807) is 14.2 Å². The van der Waals surface area contributed by atoms with Crippen LogP contribution in [0.5, 0.6) is 17.2 Å². The Morgan fingerprint density at radius 3 is 2.29 bits per heavy atom. The maximum Gasteiger partial charge on any atom is 0.203 e. The van der Waals surface area contributed by atoms with Gasteiger partial charge in [0.25, 0.3) is 0 Å². The summed E-state index contributed by atoms with van der Waals surface area (Å²) < 4.78 is 16.1. The van der Waals surface area contributed by atoms with Gasteiger partial charge in [0.2, 0.25) is 5.75 Å². The number of ether oxygens (including phenoxy) is 3. The largest absolute Gasteiger partial charge is 0.493 e. The Kier molecular flexibility index (Phi) is 5.73. The lowest BCUT2D eigenvalue weighted by Gasteiger charge is -2.13. The summed E-state index contributed by atoms with van der Waals surface area (Å²) >= 11 is 0. The molecule has 0 aliphatic rings. The Bertz CT molecular complexity index is 362. The van der Waals surface area contributed by atoms with E-state index in [0.29, 0.717) is 30.3 Å². The van der Waals surface area contributed by atoms with E-state index in [1.165, 1.54) is 0 Å². The van der Waals surface area contributed by atoms with Gasteiger partial charge in [0.1, 0.15) is 0 Å². The molecular formula is C13H17NO3. The Morgan fingerprint density at radius 2 is 1.76 bits per heavy atom. The van der Waals surface area contributed by atoms with Crippen LogP contribution < -0.4 is 14.2 Å². The zero-order valence-electron chi connectivity index (χ0n) is 10.2. The molecule has 0 heterocycles. The van der Waals surface area contributed by atoms with Crippen LogP contribution in [-0.2, 0) is 0 Å². The summed E-state index contributed by atoms with van der Waals surface area (Å²) in [6, 6.07) is 7.61. The summed E-state index contributed by atoms with van der Waals surface area (Å²) in [6.45, 7) is 0.554. The van der Waals surface area contributed by atoms with Crippen LogP contribution in [0, 0.1) is 11.3 Å². The third kappa shape index (κ3) is 3.87. The predicted octanol–water partition coefficient (Wildman–Crippen LogP) is 2.78. The average Bonchev–Trinajstić information content (AvgIpc) is 2.38. The molecule has 1 aromatic carbocycles. The first kappa shape index (κ1) is 13.2. The highest BCUT2D eigenvalue weighted by atomic mass is 16.5. The van der Waals surface area contributed by atoms with Crippen molar-refractivity contribution >= 4 is 0 Å². The minimum absolute atomic E-state index is 0.554. The highest BCUT2D eigenvalue weighted by Gasteiger charge is 2.10. The monoisotopic (exact) mass is 235 g/mol. The van der Waals surface area contributed by atoms with Crippen LogP contribution in [0.25, 0.3) is 0 Å². The molecule has 0 aliphatic heterocycles. The van der Waals surface area contributed by atoms with Gasteiger partial charge in [-0.25, -0.2) is 0 Å². The van der Waals surface area contributed by atoms with Gasteiger partial charge in [0.05, 0.1) is 26.9 Å². The standard InChI is InChI=1S/C13H17NO3/c1-15-11-7-6-8-12(16-2)13(11)17-10-5-3-4-9-14/h6-8H,3-5,10H2,1-2H3. The van der Waals surface area contributed by atoms with Gasteiger partial charge in [0.15, 0.2) is 11.5 Å². The first-order valence-electron chi connectivity index (χ1n) is 5.54. The number of methoxy groups -OCH3 is 2. The molecule has 0 bridgehead atoms. The van der Waals surface area contributed by atoms with Crippen molar-refractivity contribution in [1.29, 1.82) is 5.26 Å². The fourth-order valence-electron chi connectivity index (χ4n) is 1.44. The Balaban J connectivity index is 2.59. The highest BCUT2D eigenvalue weighted by molar-refractivity contribution is 5.51. The second-order valence-corrected chi connectivity index (χ2v) is 3.46. The normalized spacial score (nSPS) is 9.47. The Labute approximate surface area is 102 Å². The summed E-state index contributed by atoms with van der Waals surface area (Å²) in [5.41, 5.74) is 0. The SMILES string of the molecule is COc1cccc(OC)c1OCCCCC#N. The van der Waals surface area contributed by atoms with Crippen LogP contribution in [0.3, 0.4) is 0 Å². The van der Waals surface area contributed by atoms with E-state index < -0.39 is 0 Å². The van der Waals surface area contributed by atoms with Gasteiger partial charge < -0.3 is 14.2 Å². The van der Waals surface area contributed by atoms with Crippen molar-refractivity contribution < 1.29 is 14.2 Å². The van der Waals surface area contributed by atoms with E-state index in [4.69, 9.17) is 19.5 Å². The van der Waals surface area contributed by atoms with Crippen LogP contribution in [0.4, 0.5) is 0 Å². The number of benzene rings is 1.